The molecule has 2 amide bonds. The highest BCUT2D eigenvalue weighted by atomic mass is 16.6. The first-order chi connectivity index (χ1) is 9.70. The number of hydrogen-bond donors (Lipinski definition) is 3. The molecule has 0 atom stereocenters. The van der Waals surface area contributed by atoms with E-state index in [1.165, 1.54) is 25.2 Å². The molecule has 0 aliphatic carbocycles. The predicted octanol–water partition coefficient (Wildman–Crippen LogP) is 0.878. The molecule has 0 bridgehead atoms. The van der Waals surface area contributed by atoms with E-state index in [-0.39, 0.29) is 23.5 Å². The monoisotopic (exact) mass is 294 g/mol. The minimum atomic E-state index is -0.939. The van der Waals surface area contributed by atoms with Gasteiger partial charge in [0.1, 0.15) is 11.3 Å². The molecule has 0 fully saturated rings. The van der Waals surface area contributed by atoms with Crippen molar-refractivity contribution in [2.24, 2.45) is 11.1 Å². The van der Waals surface area contributed by atoms with Gasteiger partial charge in [-0.1, -0.05) is 6.07 Å². The first-order valence-electron chi connectivity index (χ1n) is 6.24. The summed E-state index contributed by atoms with van der Waals surface area (Å²) in [6, 6.07) is 4.39. The van der Waals surface area contributed by atoms with Gasteiger partial charge in [0, 0.05) is 13.6 Å². The first kappa shape index (κ1) is 16.4. The number of carbonyl (C=O) groups is 2. The molecule has 0 saturated heterocycles. The number of nitro groups is 1. The molecule has 1 rings (SSSR count). The molecule has 0 aromatic heterocycles. The summed E-state index contributed by atoms with van der Waals surface area (Å²) in [5.74, 6) is -1.20. The van der Waals surface area contributed by atoms with Crippen molar-refractivity contribution in [1.29, 1.82) is 0 Å². The zero-order valence-corrected chi connectivity index (χ0v) is 12.1. The molecule has 8 nitrogen and oxygen atoms in total. The summed E-state index contributed by atoms with van der Waals surface area (Å²) >= 11 is 0. The predicted molar refractivity (Wildman–Crippen MR) is 78.0 cm³/mol. The van der Waals surface area contributed by atoms with E-state index < -0.39 is 22.2 Å². The van der Waals surface area contributed by atoms with Crippen LogP contribution in [0.5, 0.6) is 0 Å². The van der Waals surface area contributed by atoms with Crippen molar-refractivity contribution in [2.45, 2.75) is 13.8 Å². The maximum Gasteiger partial charge on any atom is 0.305 e. The Morgan fingerprint density at radius 3 is 2.48 bits per heavy atom. The second-order valence-electron chi connectivity index (χ2n) is 5.14. The van der Waals surface area contributed by atoms with Gasteiger partial charge in [0.2, 0.25) is 5.91 Å². The number of rotatable bonds is 6. The fraction of sp³-hybridized carbons (Fsp3) is 0.385. The summed E-state index contributed by atoms with van der Waals surface area (Å²) in [5, 5.41) is 16.3. The van der Waals surface area contributed by atoms with Gasteiger partial charge in [0.05, 0.1) is 10.3 Å². The zero-order valence-electron chi connectivity index (χ0n) is 12.1. The average molecular weight is 294 g/mol. The number of primary amides is 1. The fourth-order valence-electron chi connectivity index (χ4n) is 1.61. The highest BCUT2D eigenvalue weighted by molar-refractivity contribution is 6.00. The third-order valence-corrected chi connectivity index (χ3v) is 3.09. The highest BCUT2D eigenvalue weighted by Crippen LogP contribution is 2.28. The summed E-state index contributed by atoms with van der Waals surface area (Å²) in [4.78, 5) is 33.8. The van der Waals surface area contributed by atoms with Gasteiger partial charge in [-0.25, -0.2) is 0 Å². The van der Waals surface area contributed by atoms with Gasteiger partial charge in [-0.05, 0) is 26.0 Å². The average Bonchev–Trinajstić information content (AvgIpc) is 2.43. The van der Waals surface area contributed by atoms with Crippen LogP contribution in [0.3, 0.4) is 0 Å². The van der Waals surface area contributed by atoms with Crippen molar-refractivity contribution in [2.75, 3.05) is 18.9 Å². The van der Waals surface area contributed by atoms with Crippen LogP contribution in [0, 0.1) is 15.5 Å². The number of hydrogen-bond acceptors (Lipinski definition) is 5. The van der Waals surface area contributed by atoms with Crippen molar-refractivity contribution in [1.82, 2.24) is 5.32 Å². The van der Waals surface area contributed by atoms with Gasteiger partial charge in [-0.3, -0.25) is 19.7 Å². The molecule has 0 heterocycles. The maximum absolute atomic E-state index is 12.1. The zero-order chi connectivity index (χ0) is 16.2. The van der Waals surface area contributed by atoms with Crippen LogP contribution >= 0.6 is 0 Å². The molecule has 4 N–H and O–H groups in total. The number of nitrogens with two attached hydrogens (primary N) is 1. The van der Waals surface area contributed by atoms with Gasteiger partial charge in [-0.15, -0.1) is 0 Å². The van der Waals surface area contributed by atoms with Crippen molar-refractivity contribution in [3.8, 4) is 0 Å². The lowest BCUT2D eigenvalue weighted by Crippen LogP contribution is -2.42. The quantitative estimate of drug-likeness (QED) is 0.530. The van der Waals surface area contributed by atoms with E-state index in [9.17, 15) is 19.7 Å². The van der Waals surface area contributed by atoms with Gasteiger partial charge < -0.3 is 16.4 Å². The number of para-hydroxylation sites is 1. The van der Waals surface area contributed by atoms with Gasteiger partial charge in [0.25, 0.3) is 5.91 Å². The normalized spacial score (nSPS) is 10.8. The van der Waals surface area contributed by atoms with E-state index in [1.54, 1.807) is 13.8 Å². The minimum absolute atomic E-state index is 0.0118. The van der Waals surface area contributed by atoms with Gasteiger partial charge >= 0.3 is 5.69 Å². The van der Waals surface area contributed by atoms with Crippen LogP contribution in [-0.4, -0.2) is 30.3 Å². The summed E-state index contributed by atoms with van der Waals surface area (Å²) in [6.45, 7) is 3.14. The SMILES string of the molecule is CNc1cccc(C(=O)NCC(C)(C)C(N)=O)c1[N+](=O)[O-]. The van der Waals surface area contributed by atoms with Crippen LogP contribution in [0.4, 0.5) is 11.4 Å². The van der Waals surface area contributed by atoms with Gasteiger partial charge in [0.15, 0.2) is 0 Å². The molecule has 8 heteroatoms. The molecule has 0 saturated carbocycles. The lowest BCUT2D eigenvalue weighted by atomic mass is 9.92. The Hall–Kier alpha value is -2.64. The molecule has 0 unspecified atom stereocenters. The molecule has 0 aliphatic rings. The van der Waals surface area contributed by atoms with Crippen LogP contribution in [0.25, 0.3) is 0 Å². The smallest absolute Gasteiger partial charge is 0.305 e. The molecule has 0 radical (unpaired) electrons. The van der Waals surface area contributed by atoms with Crippen molar-refractivity contribution < 1.29 is 14.5 Å². The Bertz CT molecular complexity index is 584. The van der Waals surface area contributed by atoms with E-state index in [2.05, 4.69) is 10.6 Å². The summed E-state index contributed by atoms with van der Waals surface area (Å²) in [5.41, 5.74) is 4.12. The Balaban J connectivity index is 3.04. The first-order valence-corrected chi connectivity index (χ1v) is 6.24. The maximum atomic E-state index is 12.1. The Labute approximate surface area is 121 Å². The number of nitro benzene ring substituents is 1. The van der Waals surface area contributed by atoms with Gasteiger partial charge in [-0.2, -0.15) is 0 Å². The molecule has 0 aliphatic heterocycles. The third-order valence-electron chi connectivity index (χ3n) is 3.09. The molecule has 1 aromatic rings. The largest absolute Gasteiger partial charge is 0.383 e. The Morgan fingerprint density at radius 1 is 1.38 bits per heavy atom. The van der Waals surface area contributed by atoms with Crippen LogP contribution in [0.2, 0.25) is 0 Å². The summed E-state index contributed by atoms with van der Waals surface area (Å²) < 4.78 is 0. The van der Waals surface area contributed by atoms with Crippen LogP contribution in [-0.2, 0) is 4.79 Å². The van der Waals surface area contributed by atoms with E-state index in [0.29, 0.717) is 0 Å². The lowest BCUT2D eigenvalue weighted by molar-refractivity contribution is -0.384. The number of amides is 2. The molecule has 114 valence electrons. The second-order valence-corrected chi connectivity index (χ2v) is 5.14. The van der Waals surface area contributed by atoms with Crippen LogP contribution in [0.15, 0.2) is 18.2 Å². The number of anilines is 1. The number of nitrogens with one attached hydrogen (secondary N) is 2. The van der Waals surface area contributed by atoms with Crippen molar-refractivity contribution in [3.63, 3.8) is 0 Å². The topological polar surface area (TPSA) is 127 Å². The summed E-state index contributed by atoms with van der Waals surface area (Å²) in [7, 11) is 1.53. The number of nitrogens with zero attached hydrogens (tertiary/aromatic N) is 1. The molecule has 1 aromatic carbocycles. The van der Waals surface area contributed by atoms with Crippen LogP contribution < -0.4 is 16.4 Å². The van der Waals surface area contributed by atoms with Crippen molar-refractivity contribution >= 4 is 23.2 Å². The van der Waals surface area contributed by atoms with Crippen LogP contribution in [0.1, 0.15) is 24.2 Å². The van der Waals surface area contributed by atoms with E-state index >= 15 is 0 Å². The lowest BCUT2D eigenvalue weighted by Gasteiger charge is -2.20. The molecular formula is C13H18N4O4. The fourth-order valence-corrected chi connectivity index (χ4v) is 1.61. The Kier molecular flexibility index (Phi) is 4.85. The number of carbonyl (C=O) groups excluding carboxylic acids is 2. The molecule has 0 spiro atoms. The second kappa shape index (κ2) is 6.21. The van der Waals surface area contributed by atoms with E-state index in [0.717, 1.165) is 0 Å². The summed E-state index contributed by atoms with van der Waals surface area (Å²) in [6.07, 6.45) is 0. The third kappa shape index (κ3) is 3.68. The molecular weight excluding hydrogens is 276 g/mol. The molecule has 21 heavy (non-hydrogen) atoms. The standard InChI is InChI=1S/C13H18N4O4/c1-13(2,12(14)19)7-16-11(18)8-5-4-6-9(15-3)10(8)17(20)21/h4-6,15H,7H2,1-3H3,(H2,14,19)(H,16,18). The van der Waals surface area contributed by atoms with E-state index in [1.807, 2.05) is 0 Å². The number of benzene rings is 1. The van der Waals surface area contributed by atoms with E-state index in [4.69, 9.17) is 5.73 Å². The Morgan fingerprint density at radius 2 is 2.00 bits per heavy atom. The minimum Gasteiger partial charge on any atom is -0.383 e. The van der Waals surface area contributed by atoms with Crippen molar-refractivity contribution in [3.05, 3.63) is 33.9 Å². The highest BCUT2D eigenvalue weighted by Gasteiger charge is 2.28.